The summed E-state index contributed by atoms with van der Waals surface area (Å²) < 4.78 is 37.3. The number of halogens is 3. The number of nitrogens with zero attached hydrogens (tertiary/aromatic N) is 2. The summed E-state index contributed by atoms with van der Waals surface area (Å²) in [6.45, 7) is 2.03. The van der Waals surface area contributed by atoms with Gasteiger partial charge in [0.25, 0.3) is 0 Å². The number of primary amides is 1. The van der Waals surface area contributed by atoms with Gasteiger partial charge < -0.3 is 16.0 Å². The zero-order valence-electron chi connectivity index (χ0n) is 12.4. The zero-order chi connectivity index (χ0) is 17.2. The molecule has 1 aromatic heterocycles. The van der Waals surface area contributed by atoms with Crippen LogP contribution >= 0.6 is 0 Å². The number of alkyl halides is 3. The first-order valence-electron chi connectivity index (χ1n) is 7.08. The Bertz CT molecular complexity index is 589. The molecule has 1 aliphatic rings. The van der Waals surface area contributed by atoms with Crippen LogP contribution in [0, 0.1) is 5.92 Å². The second kappa shape index (κ2) is 6.43. The highest BCUT2D eigenvalue weighted by atomic mass is 19.4. The zero-order valence-corrected chi connectivity index (χ0v) is 12.4. The van der Waals surface area contributed by atoms with Crippen LogP contribution in [0.15, 0.2) is 18.3 Å². The molecule has 9 heteroatoms. The quantitative estimate of drug-likeness (QED) is 0.871. The molecule has 0 aliphatic carbocycles. The highest BCUT2D eigenvalue weighted by Crippen LogP contribution is 2.28. The van der Waals surface area contributed by atoms with Crippen molar-refractivity contribution < 1.29 is 22.8 Å². The lowest BCUT2D eigenvalue weighted by molar-refractivity contribution is -0.141. The fourth-order valence-electron chi connectivity index (χ4n) is 2.45. The Morgan fingerprint density at radius 2 is 2.04 bits per heavy atom. The van der Waals surface area contributed by atoms with Crippen molar-refractivity contribution in [3.05, 3.63) is 24.0 Å². The van der Waals surface area contributed by atoms with Crippen LogP contribution in [0.25, 0.3) is 0 Å². The molecule has 0 aromatic carbocycles. The van der Waals surface area contributed by atoms with E-state index < -0.39 is 29.7 Å². The molecule has 1 saturated heterocycles. The fraction of sp³-hybridized carbons (Fsp3) is 0.500. The second-order valence-corrected chi connectivity index (χ2v) is 5.54. The van der Waals surface area contributed by atoms with E-state index in [0.29, 0.717) is 12.8 Å². The molecule has 0 spiro atoms. The first-order chi connectivity index (χ1) is 10.7. The van der Waals surface area contributed by atoms with Gasteiger partial charge in [-0.15, -0.1) is 0 Å². The fourth-order valence-corrected chi connectivity index (χ4v) is 2.45. The second-order valence-electron chi connectivity index (χ2n) is 5.54. The lowest BCUT2D eigenvalue weighted by Crippen LogP contribution is -2.50. The maximum atomic E-state index is 12.4. The van der Waals surface area contributed by atoms with Gasteiger partial charge in [-0.25, -0.2) is 9.78 Å². The predicted molar refractivity (Wildman–Crippen MR) is 76.3 cm³/mol. The number of hydrogen-bond acceptors (Lipinski definition) is 3. The van der Waals surface area contributed by atoms with Crippen molar-refractivity contribution in [1.82, 2.24) is 9.88 Å². The molecule has 1 aromatic rings. The van der Waals surface area contributed by atoms with Gasteiger partial charge in [0.05, 0.1) is 17.8 Å². The Kier molecular flexibility index (Phi) is 4.76. The molecule has 126 valence electrons. The van der Waals surface area contributed by atoms with Crippen LogP contribution < -0.4 is 11.1 Å². The molecule has 3 N–H and O–H groups in total. The maximum Gasteiger partial charge on any atom is 0.433 e. The number of anilines is 1. The van der Waals surface area contributed by atoms with Crippen LogP contribution in [0.2, 0.25) is 0 Å². The summed E-state index contributed by atoms with van der Waals surface area (Å²) in [6.07, 6.45) is -2.34. The molecule has 0 unspecified atom stereocenters. The average molecular weight is 330 g/mol. The summed E-state index contributed by atoms with van der Waals surface area (Å²) in [5.74, 6) is -0.881. The molecule has 0 saturated carbocycles. The standard InChI is InChI=1S/C14H17F3N4O2/c1-8-2-3-9(12(18)22)7-21(8)13(23)20-10-4-5-11(19-6-10)14(15,16)17/h4-6,8-9H,2-3,7H2,1H3,(H2,18,22)(H,20,23)/t8-,9+/m1/s1. The van der Waals surface area contributed by atoms with Crippen molar-refractivity contribution in [3.8, 4) is 0 Å². The normalized spacial score (nSPS) is 21.8. The number of nitrogens with two attached hydrogens (primary N) is 1. The smallest absolute Gasteiger partial charge is 0.369 e. The van der Waals surface area contributed by atoms with Gasteiger partial charge in [-0.2, -0.15) is 13.2 Å². The van der Waals surface area contributed by atoms with Crippen LogP contribution in [0.4, 0.5) is 23.7 Å². The number of carbonyl (C=O) groups excluding carboxylic acids is 2. The van der Waals surface area contributed by atoms with E-state index >= 15 is 0 Å². The van der Waals surface area contributed by atoms with Crippen molar-refractivity contribution >= 4 is 17.6 Å². The lowest BCUT2D eigenvalue weighted by Gasteiger charge is -2.36. The van der Waals surface area contributed by atoms with Gasteiger partial charge in [0.2, 0.25) is 5.91 Å². The number of rotatable bonds is 2. The maximum absolute atomic E-state index is 12.4. The molecule has 23 heavy (non-hydrogen) atoms. The number of carbonyl (C=O) groups is 2. The van der Waals surface area contributed by atoms with Crippen LogP contribution in [-0.2, 0) is 11.0 Å². The first-order valence-corrected chi connectivity index (χ1v) is 7.08. The molecule has 2 atom stereocenters. The minimum atomic E-state index is -4.53. The predicted octanol–water partition coefficient (Wildman–Crippen LogP) is 2.22. The highest BCUT2D eigenvalue weighted by Gasteiger charge is 2.33. The van der Waals surface area contributed by atoms with E-state index in [9.17, 15) is 22.8 Å². The third kappa shape index (κ3) is 4.11. The van der Waals surface area contributed by atoms with E-state index in [1.54, 1.807) is 0 Å². The molecule has 2 rings (SSSR count). The Morgan fingerprint density at radius 3 is 2.57 bits per heavy atom. The van der Waals surface area contributed by atoms with E-state index in [-0.39, 0.29) is 18.3 Å². The van der Waals surface area contributed by atoms with Gasteiger partial charge >= 0.3 is 12.2 Å². The van der Waals surface area contributed by atoms with E-state index in [1.807, 2.05) is 6.92 Å². The van der Waals surface area contributed by atoms with Crippen molar-refractivity contribution in [3.63, 3.8) is 0 Å². The molecule has 2 heterocycles. The minimum Gasteiger partial charge on any atom is -0.369 e. The van der Waals surface area contributed by atoms with Gasteiger partial charge in [-0.1, -0.05) is 0 Å². The summed E-state index contributed by atoms with van der Waals surface area (Å²) in [6, 6.07) is 1.34. The van der Waals surface area contributed by atoms with Crippen LogP contribution in [0.3, 0.4) is 0 Å². The summed E-state index contributed by atoms with van der Waals surface area (Å²) in [4.78, 5) is 28.2. The van der Waals surface area contributed by atoms with Crippen molar-refractivity contribution in [1.29, 1.82) is 0 Å². The summed E-state index contributed by atoms with van der Waals surface area (Å²) in [7, 11) is 0. The minimum absolute atomic E-state index is 0.0898. The SMILES string of the molecule is C[C@@H]1CC[C@H](C(N)=O)CN1C(=O)Nc1ccc(C(F)(F)F)nc1. The average Bonchev–Trinajstić information content (AvgIpc) is 2.47. The Balaban J connectivity index is 2.04. The summed E-state index contributed by atoms with van der Waals surface area (Å²) in [5.41, 5.74) is 4.39. The van der Waals surface area contributed by atoms with Gasteiger partial charge in [0, 0.05) is 12.6 Å². The largest absolute Gasteiger partial charge is 0.433 e. The number of hydrogen-bond donors (Lipinski definition) is 2. The third-order valence-electron chi connectivity index (χ3n) is 3.85. The number of likely N-dealkylation sites (tertiary alicyclic amines) is 1. The van der Waals surface area contributed by atoms with Crippen LogP contribution in [0.1, 0.15) is 25.5 Å². The Morgan fingerprint density at radius 1 is 1.35 bits per heavy atom. The topological polar surface area (TPSA) is 88.3 Å². The van der Waals surface area contributed by atoms with E-state index in [4.69, 9.17) is 5.73 Å². The van der Waals surface area contributed by atoms with Gasteiger partial charge in [0.15, 0.2) is 0 Å². The van der Waals surface area contributed by atoms with E-state index in [0.717, 1.165) is 18.3 Å². The van der Waals surface area contributed by atoms with Gasteiger partial charge in [0.1, 0.15) is 5.69 Å². The molecule has 1 fully saturated rings. The summed E-state index contributed by atoms with van der Waals surface area (Å²) in [5, 5.41) is 2.49. The highest BCUT2D eigenvalue weighted by molar-refractivity contribution is 5.90. The molecule has 0 bridgehead atoms. The number of pyridine rings is 1. The van der Waals surface area contributed by atoms with Crippen LogP contribution in [0.5, 0.6) is 0 Å². The number of aromatic nitrogens is 1. The molecule has 1 aliphatic heterocycles. The van der Waals surface area contributed by atoms with Gasteiger partial charge in [-0.05, 0) is 31.9 Å². The van der Waals surface area contributed by atoms with E-state index in [1.165, 1.54) is 4.90 Å². The molecular weight excluding hydrogens is 313 g/mol. The Hall–Kier alpha value is -2.32. The van der Waals surface area contributed by atoms with Crippen LogP contribution in [-0.4, -0.2) is 34.4 Å². The number of amides is 3. The number of urea groups is 1. The van der Waals surface area contributed by atoms with Crippen molar-refractivity contribution in [2.75, 3.05) is 11.9 Å². The van der Waals surface area contributed by atoms with Crippen molar-refractivity contribution in [2.45, 2.75) is 32.0 Å². The molecule has 6 nitrogen and oxygen atoms in total. The monoisotopic (exact) mass is 330 g/mol. The summed E-state index contributed by atoms with van der Waals surface area (Å²) >= 11 is 0. The van der Waals surface area contributed by atoms with Gasteiger partial charge in [-0.3, -0.25) is 4.79 Å². The Labute approximate surface area is 130 Å². The first kappa shape index (κ1) is 17.0. The van der Waals surface area contributed by atoms with Crippen molar-refractivity contribution in [2.24, 2.45) is 11.7 Å². The third-order valence-corrected chi connectivity index (χ3v) is 3.85. The number of nitrogens with one attached hydrogen (secondary N) is 1. The molecular formula is C14H17F3N4O2. The molecule has 3 amide bonds. The number of piperidine rings is 1. The van der Waals surface area contributed by atoms with E-state index in [2.05, 4.69) is 10.3 Å². The molecule has 0 radical (unpaired) electrons. The lowest BCUT2D eigenvalue weighted by atomic mass is 9.93.